The van der Waals surface area contributed by atoms with Gasteiger partial charge in [0.25, 0.3) is 5.69 Å². The van der Waals surface area contributed by atoms with Crippen LogP contribution in [0.4, 0.5) is 11.4 Å². The Bertz CT molecular complexity index is 835. The highest BCUT2D eigenvalue weighted by molar-refractivity contribution is 6.30. The molecule has 0 saturated carbocycles. The first kappa shape index (κ1) is 17.1. The van der Waals surface area contributed by atoms with Crippen LogP contribution >= 0.6 is 11.6 Å². The minimum atomic E-state index is -0.361. The number of benzene rings is 2. The van der Waals surface area contributed by atoms with Crippen molar-refractivity contribution in [1.82, 2.24) is 4.90 Å². The Labute approximate surface area is 157 Å². The summed E-state index contributed by atoms with van der Waals surface area (Å²) in [6.07, 6.45) is 0.983. The molecule has 2 aliphatic rings. The number of nitro groups is 1. The van der Waals surface area contributed by atoms with Crippen LogP contribution in [0.5, 0.6) is 5.75 Å². The van der Waals surface area contributed by atoms with Gasteiger partial charge >= 0.3 is 0 Å². The van der Waals surface area contributed by atoms with E-state index in [1.54, 1.807) is 12.1 Å². The lowest BCUT2D eigenvalue weighted by molar-refractivity contribution is -0.384. The fourth-order valence-corrected chi connectivity index (χ4v) is 3.82. The lowest BCUT2D eigenvalue weighted by Gasteiger charge is -2.35. The SMILES string of the molecule is O=[N+]([O-])c1cc(Cl)ccc1N1CCN(Cc2ccc3c(c2)CCO3)CC1. The Balaban J connectivity index is 1.41. The van der Waals surface area contributed by atoms with Crippen LogP contribution in [0.15, 0.2) is 36.4 Å². The molecule has 0 spiro atoms. The Morgan fingerprint density at radius 1 is 1.12 bits per heavy atom. The molecule has 136 valence electrons. The highest BCUT2D eigenvalue weighted by Crippen LogP contribution is 2.32. The van der Waals surface area contributed by atoms with E-state index < -0.39 is 0 Å². The fourth-order valence-electron chi connectivity index (χ4n) is 3.65. The van der Waals surface area contributed by atoms with Crippen LogP contribution in [0.25, 0.3) is 0 Å². The van der Waals surface area contributed by atoms with Crippen molar-refractivity contribution in [3.63, 3.8) is 0 Å². The number of hydrogen-bond donors (Lipinski definition) is 0. The van der Waals surface area contributed by atoms with Crippen molar-refractivity contribution in [2.45, 2.75) is 13.0 Å². The van der Waals surface area contributed by atoms with Crippen LogP contribution in [0.1, 0.15) is 11.1 Å². The summed E-state index contributed by atoms with van der Waals surface area (Å²) in [5.74, 6) is 1.01. The molecule has 2 aliphatic heterocycles. The summed E-state index contributed by atoms with van der Waals surface area (Å²) in [6.45, 7) is 4.93. The Kier molecular flexibility index (Phi) is 4.70. The summed E-state index contributed by atoms with van der Waals surface area (Å²) in [5.41, 5.74) is 3.30. The molecule has 6 nitrogen and oxygen atoms in total. The molecule has 0 amide bonds. The molecule has 0 unspecified atom stereocenters. The smallest absolute Gasteiger partial charge is 0.294 e. The number of fused-ring (bicyclic) bond motifs is 1. The molecule has 2 aromatic carbocycles. The zero-order valence-corrected chi connectivity index (χ0v) is 15.1. The Morgan fingerprint density at radius 2 is 1.92 bits per heavy atom. The van der Waals surface area contributed by atoms with Crippen LogP contribution in [0.3, 0.4) is 0 Å². The van der Waals surface area contributed by atoms with E-state index in [0.717, 1.165) is 51.5 Å². The molecule has 0 aromatic heterocycles. The van der Waals surface area contributed by atoms with Gasteiger partial charge in [-0.05, 0) is 29.3 Å². The molecule has 26 heavy (non-hydrogen) atoms. The van der Waals surface area contributed by atoms with Crippen LogP contribution in [-0.2, 0) is 13.0 Å². The van der Waals surface area contributed by atoms with Gasteiger partial charge in [-0.2, -0.15) is 0 Å². The van der Waals surface area contributed by atoms with E-state index in [1.165, 1.54) is 17.2 Å². The first-order valence-corrected chi connectivity index (χ1v) is 9.14. The van der Waals surface area contributed by atoms with Crippen molar-refractivity contribution in [3.8, 4) is 5.75 Å². The molecule has 0 atom stereocenters. The lowest BCUT2D eigenvalue weighted by atomic mass is 10.1. The first-order chi connectivity index (χ1) is 12.6. The highest BCUT2D eigenvalue weighted by atomic mass is 35.5. The Morgan fingerprint density at radius 3 is 2.69 bits per heavy atom. The standard InChI is InChI=1S/C19H20ClN3O3/c20-16-2-3-17(18(12-16)23(24)25)22-8-6-21(7-9-22)13-14-1-4-19-15(11-14)5-10-26-19/h1-4,11-12H,5-10,13H2. The number of hydrogen-bond acceptors (Lipinski definition) is 5. The molecule has 4 rings (SSSR count). The molecule has 2 aromatic rings. The molecular formula is C19H20ClN3O3. The van der Waals surface area contributed by atoms with Crippen molar-refractivity contribution < 1.29 is 9.66 Å². The van der Waals surface area contributed by atoms with Gasteiger partial charge in [-0.25, -0.2) is 0 Å². The molecule has 0 bridgehead atoms. The predicted octanol–water partition coefficient (Wildman–Crippen LogP) is 3.51. The van der Waals surface area contributed by atoms with E-state index >= 15 is 0 Å². The summed E-state index contributed by atoms with van der Waals surface area (Å²) < 4.78 is 5.56. The van der Waals surface area contributed by atoms with Gasteiger partial charge in [0.1, 0.15) is 11.4 Å². The van der Waals surface area contributed by atoms with E-state index in [1.807, 2.05) is 0 Å². The second-order valence-corrected chi connectivity index (χ2v) is 7.13. The summed E-state index contributed by atoms with van der Waals surface area (Å²) in [6, 6.07) is 11.3. The average Bonchev–Trinajstić information content (AvgIpc) is 3.10. The van der Waals surface area contributed by atoms with Crippen LogP contribution < -0.4 is 9.64 Å². The van der Waals surface area contributed by atoms with Gasteiger partial charge < -0.3 is 9.64 Å². The summed E-state index contributed by atoms with van der Waals surface area (Å²) in [4.78, 5) is 15.4. The zero-order chi connectivity index (χ0) is 18.1. The molecule has 0 radical (unpaired) electrons. The van der Waals surface area contributed by atoms with E-state index in [9.17, 15) is 10.1 Å². The number of rotatable bonds is 4. The lowest BCUT2D eigenvalue weighted by Crippen LogP contribution is -2.46. The van der Waals surface area contributed by atoms with Crippen molar-refractivity contribution >= 4 is 23.0 Å². The first-order valence-electron chi connectivity index (χ1n) is 8.76. The maximum Gasteiger partial charge on any atom is 0.294 e. The van der Waals surface area contributed by atoms with Crippen LogP contribution in [0.2, 0.25) is 5.02 Å². The zero-order valence-electron chi connectivity index (χ0n) is 14.4. The second kappa shape index (κ2) is 7.13. The van der Waals surface area contributed by atoms with Gasteiger partial charge in [0, 0.05) is 50.2 Å². The van der Waals surface area contributed by atoms with E-state index in [4.69, 9.17) is 16.3 Å². The normalized spacial score (nSPS) is 17.0. The average molecular weight is 374 g/mol. The van der Waals surface area contributed by atoms with Gasteiger partial charge in [0.2, 0.25) is 0 Å². The van der Waals surface area contributed by atoms with Crippen molar-refractivity contribution in [2.24, 2.45) is 0 Å². The Hall–Kier alpha value is -2.31. The third-order valence-corrected chi connectivity index (χ3v) is 5.24. The maximum absolute atomic E-state index is 11.3. The minimum Gasteiger partial charge on any atom is -0.493 e. The van der Waals surface area contributed by atoms with Gasteiger partial charge in [0.15, 0.2) is 0 Å². The molecule has 0 aliphatic carbocycles. The summed E-state index contributed by atoms with van der Waals surface area (Å²) in [7, 11) is 0. The number of piperazine rings is 1. The molecule has 1 saturated heterocycles. The second-order valence-electron chi connectivity index (χ2n) is 6.69. The number of ether oxygens (including phenoxy) is 1. The van der Waals surface area contributed by atoms with Crippen LogP contribution in [-0.4, -0.2) is 42.6 Å². The van der Waals surface area contributed by atoms with Gasteiger partial charge in [0.05, 0.1) is 11.5 Å². The third-order valence-electron chi connectivity index (χ3n) is 5.01. The maximum atomic E-state index is 11.3. The quantitative estimate of drug-likeness (QED) is 0.606. The molecule has 2 heterocycles. The van der Waals surface area contributed by atoms with Gasteiger partial charge in [-0.1, -0.05) is 23.7 Å². The van der Waals surface area contributed by atoms with Crippen molar-refractivity contribution in [3.05, 3.63) is 62.7 Å². The number of halogens is 1. The topological polar surface area (TPSA) is 58.9 Å². The molecule has 1 fully saturated rings. The predicted molar refractivity (Wildman–Crippen MR) is 101 cm³/mol. The van der Waals surface area contributed by atoms with Crippen molar-refractivity contribution in [1.29, 1.82) is 0 Å². The molecule has 7 heteroatoms. The summed E-state index contributed by atoms with van der Waals surface area (Å²) >= 11 is 5.91. The molecular weight excluding hydrogens is 354 g/mol. The number of anilines is 1. The van der Waals surface area contributed by atoms with Gasteiger partial charge in [-0.15, -0.1) is 0 Å². The van der Waals surface area contributed by atoms with E-state index in [2.05, 4.69) is 28.0 Å². The number of nitro benzene ring substituents is 1. The van der Waals surface area contributed by atoms with E-state index in [0.29, 0.717) is 10.7 Å². The largest absolute Gasteiger partial charge is 0.493 e. The van der Waals surface area contributed by atoms with E-state index in [-0.39, 0.29) is 10.6 Å². The highest BCUT2D eigenvalue weighted by Gasteiger charge is 2.24. The van der Waals surface area contributed by atoms with Crippen LogP contribution in [0, 0.1) is 10.1 Å². The minimum absolute atomic E-state index is 0.0737. The third kappa shape index (κ3) is 3.48. The van der Waals surface area contributed by atoms with Gasteiger partial charge in [-0.3, -0.25) is 15.0 Å². The summed E-state index contributed by atoms with van der Waals surface area (Å²) in [5, 5.41) is 11.7. The molecule has 0 N–H and O–H groups in total. The van der Waals surface area contributed by atoms with Crippen molar-refractivity contribution in [2.75, 3.05) is 37.7 Å². The fraction of sp³-hybridized carbons (Fsp3) is 0.368. The number of nitrogens with zero attached hydrogens (tertiary/aromatic N) is 3. The monoisotopic (exact) mass is 373 g/mol.